The molecule has 0 bridgehead atoms. The molecule has 1 aliphatic carbocycles. The Bertz CT molecular complexity index is 972. The number of carbonyl (C=O) groups excluding carboxylic acids is 1. The number of carbonyl (C=O) groups is 1. The van der Waals surface area contributed by atoms with Crippen LogP contribution in [0.4, 0.5) is 4.39 Å². The largest absolute Gasteiger partial charge is 0.360 e. The van der Waals surface area contributed by atoms with Gasteiger partial charge < -0.3 is 14.8 Å². The summed E-state index contributed by atoms with van der Waals surface area (Å²) in [5, 5.41) is 6.99. The summed E-state index contributed by atoms with van der Waals surface area (Å²) < 4.78 is 18.6. The fourth-order valence-electron chi connectivity index (χ4n) is 3.42. The summed E-state index contributed by atoms with van der Waals surface area (Å²) in [6.45, 7) is 0.486. The number of imidazole rings is 1. The predicted molar refractivity (Wildman–Crippen MR) is 91.2 cm³/mol. The average molecular weight is 352 g/mol. The summed E-state index contributed by atoms with van der Waals surface area (Å²) in [4.78, 5) is 20.1. The van der Waals surface area contributed by atoms with E-state index in [0.717, 1.165) is 29.9 Å². The van der Waals surface area contributed by atoms with Gasteiger partial charge in [0.05, 0.1) is 0 Å². The molecule has 2 aliphatic rings. The van der Waals surface area contributed by atoms with E-state index in [1.54, 1.807) is 12.1 Å². The highest BCUT2D eigenvalue weighted by Crippen LogP contribution is 2.41. The smallest absolute Gasteiger partial charge is 0.271 e. The lowest BCUT2D eigenvalue weighted by atomic mass is 9.94. The Balaban J connectivity index is 1.46. The van der Waals surface area contributed by atoms with E-state index >= 15 is 0 Å². The molecule has 1 amide bonds. The molecule has 3 heterocycles. The van der Waals surface area contributed by atoms with E-state index in [2.05, 4.69) is 20.4 Å². The Hall–Kier alpha value is -2.96. The van der Waals surface area contributed by atoms with Crippen LogP contribution in [0.5, 0.6) is 0 Å². The molecular formula is C19H17FN4O2. The zero-order valence-corrected chi connectivity index (χ0v) is 14.0. The van der Waals surface area contributed by atoms with Crippen LogP contribution in [0.3, 0.4) is 0 Å². The van der Waals surface area contributed by atoms with Crippen molar-refractivity contribution < 1.29 is 13.7 Å². The topological polar surface area (TPSA) is 83.8 Å². The first-order valence-electron chi connectivity index (χ1n) is 8.77. The highest BCUT2D eigenvalue weighted by molar-refractivity contribution is 5.94. The van der Waals surface area contributed by atoms with Crippen molar-refractivity contribution in [2.24, 2.45) is 0 Å². The molecule has 7 heteroatoms. The van der Waals surface area contributed by atoms with Crippen molar-refractivity contribution in [3.8, 4) is 11.5 Å². The molecule has 1 aliphatic heterocycles. The van der Waals surface area contributed by atoms with E-state index < -0.39 is 0 Å². The lowest BCUT2D eigenvalue weighted by molar-refractivity contribution is 0.0950. The van der Waals surface area contributed by atoms with E-state index in [1.807, 2.05) is 6.07 Å². The number of hydrogen-bond acceptors (Lipinski definition) is 4. The van der Waals surface area contributed by atoms with Gasteiger partial charge in [-0.2, -0.15) is 0 Å². The summed E-state index contributed by atoms with van der Waals surface area (Å²) >= 11 is 0. The Morgan fingerprint density at radius 2 is 1.96 bits per heavy atom. The average Bonchev–Trinajstić information content (AvgIpc) is 3.26. The van der Waals surface area contributed by atoms with Gasteiger partial charge in [0.15, 0.2) is 5.82 Å². The zero-order valence-electron chi connectivity index (χ0n) is 14.0. The molecule has 1 fully saturated rings. The van der Waals surface area contributed by atoms with Crippen molar-refractivity contribution >= 4 is 5.91 Å². The molecule has 26 heavy (non-hydrogen) atoms. The number of rotatable bonds is 3. The fraction of sp³-hybridized carbons (Fsp3) is 0.316. The van der Waals surface area contributed by atoms with Crippen molar-refractivity contribution in [1.29, 1.82) is 0 Å². The van der Waals surface area contributed by atoms with Crippen LogP contribution in [-0.4, -0.2) is 27.6 Å². The van der Waals surface area contributed by atoms with E-state index in [1.165, 1.54) is 12.1 Å². The Kier molecular flexibility index (Phi) is 3.41. The summed E-state index contributed by atoms with van der Waals surface area (Å²) in [6.07, 6.45) is 2.87. The number of halogens is 1. The van der Waals surface area contributed by atoms with Crippen molar-refractivity contribution in [2.75, 3.05) is 6.54 Å². The maximum absolute atomic E-state index is 13.2. The first-order valence-corrected chi connectivity index (χ1v) is 8.77. The van der Waals surface area contributed by atoms with Gasteiger partial charge in [0.25, 0.3) is 5.91 Å². The summed E-state index contributed by atoms with van der Waals surface area (Å²) in [6, 6.07) is 8.29. The minimum Gasteiger partial charge on any atom is -0.360 e. The molecule has 6 nitrogen and oxygen atoms in total. The molecule has 3 aromatic rings. The number of nitrogens with zero attached hydrogens (tertiary/aromatic N) is 2. The molecule has 0 spiro atoms. The monoisotopic (exact) mass is 352 g/mol. The highest BCUT2D eigenvalue weighted by atomic mass is 19.1. The van der Waals surface area contributed by atoms with Gasteiger partial charge in [-0.05, 0) is 37.0 Å². The maximum Gasteiger partial charge on any atom is 0.271 e. The van der Waals surface area contributed by atoms with Gasteiger partial charge in [-0.3, -0.25) is 4.79 Å². The Morgan fingerprint density at radius 1 is 1.15 bits per heavy atom. The molecule has 2 aromatic heterocycles. The number of fused-ring (bicyclic) bond motifs is 1. The molecule has 0 unspecified atom stereocenters. The summed E-state index contributed by atoms with van der Waals surface area (Å²) in [5.74, 6) is 1.45. The number of amides is 1. The molecule has 1 saturated carbocycles. The lowest BCUT2D eigenvalue weighted by Crippen LogP contribution is -2.26. The van der Waals surface area contributed by atoms with Crippen LogP contribution in [0, 0.1) is 5.82 Å². The minimum atomic E-state index is -0.270. The van der Waals surface area contributed by atoms with Gasteiger partial charge in [0, 0.05) is 30.1 Å². The third-order valence-corrected chi connectivity index (χ3v) is 5.05. The quantitative estimate of drug-likeness (QED) is 0.758. The van der Waals surface area contributed by atoms with Crippen LogP contribution in [0.1, 0.15) is 52.2 Å². The van der Waals surface area contributed by atoms with Crippen LogP contribution in [-0.2, 0) is 6.42 Å². The van der Waals surface area contributed by atoms with Gasteiger partial charge in [-0.1, -0.05) is 17.3 Å². The summed E-state index contributed by atoms with van der Waals surface area (Å²) in [7, 11) is 0. The van der Waals surface area contributed by atoms with Crippen molar-refractivity contribution in [2.45, 2.75) is 31.1 Å². The second-order valence-electron chi connectivity index (χ2n) is 6.96. The third-order valence-electron chi connectivity index (χ3n) is 5.05. The third kappa shape index (κ3) is 2.69. The van der Waals surface area contributed by atoms with Gasteiger partial charge >= 0.3 is 0 Å². The molecule has 1 atom stereocenters. The van der Waals surface area contributed by atoms with Gasteiger partial charge in [0.2, 0.25) is 0 Å². The molecule has 132 valence electrons. The normalized spacial score (nSPS) is 19.7. The SMILES string of the molecule is O=C1NC[C@H](c2ccc(F)cc2)Cc2[nH]c(-c3cc(C4CC4)on3)nc21. The number of aromatic amines is 1. The van der Waals surface area contributed by atoms with Crippen molar-refractivity contribution in [1.82, 2.24) is 20.4 Å². The second-order valence-corrected chi connectivity index (χ2v) is 6.96. The highest BCUT2D eigenvalue weighted by Gasteiger charge is 2.30. The Morgan fingerprint density at radius 3 is 2.73 bits per heavy atom. The van der Waals surface area contributed by atoms with E-state index in [4.69, 9.17) is 4.52 Å². The number of hydrogen-bond donors (Lipinski definition) is 2. The van der Waals surface area contributed by atoms with E-state index in [-0.39, 0.29) is 17.6 Å². The van der Waals surface area contributed by atoms with Crippen LogP contribution >= 0.6 is 0 Å². The Labute approximate surface area is 148 Å². The molecule has 5 rings (SSSR count). The lowest BCUT2D eigenvalue weighted by Gasteiger charge is -2.14. The second kappa shape index (κ2) is 5.79. The number of nitrogens with one attached hydrogen (secondary N) is 2. The number of H-pyrrole nitrogens is 1. The minimum absolute atomic E-state index is 0.0495. The van der Waals surface area contributed by atoms with E-state index in [9.17, 15) is 9.18 Å². The zero-order chi connectivity index (χ0) is 17.7. The van der Waals surface area contributed by atoms with Gasteiger partial charge in [-0.15, -0.1) is 0 Å². The molecule has 0 radical (unpaired) electrons. The fourth-order valence-corrected chi connectivity index (χ4v) is 3.42. The standard InChI is InChI=1S/C19H17FN4O2/c20-13-5-3-10(4-6-13)12-7-14-17(19(25)21-9-12)23-18(22-14)15-8-16(26-24-15)11-1-2-11/h3-6,8,11-12H,1-2,7,9H2,(H,21,25)(H,22,23)/t12-/m1/s1. The predicted octanol–water partition coefficient (Wildman–Crippen LogP) is 3.15. The van der Waals surface area contributed by atoms with Crippen LogP contribution < -0.4 is 5.32 Å². The molecule has 1 aromatic carbocycles. The first-order chi connectivity index (χ1) is 12.7. The van der Waals surface area contributed by atoms with Gasteiger partial charge in [0.1, 0.15) is 23.0 Å². The molecule has 2 N–H and O–H groups in total. The van der Waals surface area contributed by atoms with Gasteiger partial charge in [-0.25, -0.2) is 9.37 Å². The number of benzene rings is 1. The number of aromatic nitrogens is 3. The maximum atomic E-state index is 13.2. The van der Waals surface area contributed by atoms with Crippen LogP contribution in [0.15, 0.2) is 34.9 Å². The summed E-state index contributed by atoms with van der Waals surface area (Å²) in [5.41, 5.74) is 2.75. The molecular weight excluding hydrogens is 335 g/mol. The van der Waals surface area contributed by atoms with Crippen LogP contribution in [0.2, 0.25) is 0 Å². The van der Waals surface area contributed by atoms with Crippen LogP contribution in [0.25, 0.3) is 11.5 Å². The molecule has 0 saturated heterocycles. The first kappa shape index (κ1) is 15.3. The van der Waals surface area contributed by atoms with E-state index in [0.29, 0.717) is 36.1 Å². The van der Waals surface area contributed by atoms with Crippen molar-refractivity contribution in [3.05, 3.63) is 58.9 Å². The van der Waals surface area contributed by atoms with Crippen molar-refractivity contribution in [3.63, 3.8) is 0 Å².